The third-order valence-corrected chi connectivity index (χ3v) is 1.92. The molecule has 0 heterocycles. The third kappa shape index (κ3) is 2.99. The molecule has 1 aromatic carbocycles. The molecule has 68 valence electrons. The molecule has 0 aliphatic carbocycles. The van der Waals surface area contributed by atoms with Crippen molar-refractivity contribution >= 4 is 33.2 Å². The number of halogens is 1. The van der Waals surface area contributed by atoms with Gasteiger partial charge < -0.3 is 5.73 Å². The first kappa shape index (κ1) is 9.92. The first-order valence-electron chi connectivity index (χ1n) is 3.72. The summed E-state index contributed by atoms with van der Waals surface area (Å²) >= 11 is 3.02. The number of amidine groups is 1. The zero-order chi connectivity index (χ0) is 9.68. The van der Waals surface area contributed by atoms with Crippen LogP contribution in [0.3, 0.4) is 0 Å². The van der Waals surface area contributed by atoms with Gasteiger partial charge in [0.1, 0.15) is 0 Å². The Hall–Kier alpha value is -1.16. The van der Waals surface area contributed by atoms with Crippen molar-refractivity contribution in [2.45, 2.75) is 0 Å². The van der Waals surface area contributed by atoms with Gasteiger partial charge in [0.25, 0.3) is 0 Å². The van der Waals surface area contributed by atoms with Crippen LogP contribution in [0.2, 0.25) is 0 Å². The van der Waals surface area contributed by atoms with Crippen LogP contribution >= 0.6 is 15.9 Å². The van der Waals surface area contributed by atoms with Crippen molar-refractivity contribution in [3.63, 3.8) is 0 Å². The van der Waals surface area contributed by atoms with E-state index in [2.05, 4.69) is 20.9 Å². The monoisotopic (exact) mass is 240 g/mol. The number of nitrogens with zero attached hydrogens (tertiary/aromatic N) is 1. The highest BCUT2D eigenvalue weighted by Gasteiger charge is 2.03. The van der Waals surface area contributed by atoms with E-state index in [0.29, 0.717) is 5.69 Å². The lowest BCUT2D eigenvalue weighted by atomic mass is 10.3. The minimum atomic E-state index is -0.205. The number of benzene rings is 1. The van der Waals surface area contributed by atoms with Crippen molar-refractivity contribution in [3.8, 4) is 0 Å². The highest BCUT2D eigenvalue weighted by atomic mass is 79.9. The molecule has 1 rings (SSSR count). The van der Waals surface area contributed by atoms with Gasteiger partial charge in [0.15, 0.2) is 5.84 Å². The van der Waals surface area contributed by atoms with Gasteiger partial charge in [0.05, 0.1) is 11.0 Å². The molecule has 0 bridgehead atoms. The lowest BCUT2D eigenvalue weighted by molar-refractivity contribution is -0.110. The normalized spacial score (nSPS) is 11.3. The Morgan fingerprint density at radius 1 is 1.38 bits per heavy atom. The summed E-state index contributed by atoms with van der Waals surface area (Å²) in [7, 11) is 0. The molecule has 3 nitrogen and oxygen atoms in total. The summed E-state index contributed by atoms with van der Waals surface area (Å²) in [5.74, 6) is -0.174. The highest BCUT2D eigenvalue weighted by molar-refractivity contribution is 9.09. The summed E-state index contributed by atoms with van der Waals surface area (Å²) < 4.78 is 0. The number of hydrogen-bond acceptors (Lipinski definition) is 2. The summed E-state index contributed by atoms with van der Waals surface area (Å²) in [6.45, 7) is 0. The molecule has 0 aromatic heterocycles. The second kappa shape index (κ2) is 4.77. The van der Waals surface area contributed by atoms with Gasteiger partial charge in [0.2, 0.25) is 5.78 Å². The first-order chi connectivity index (χ1) is 6.24. The van der Waals surface area contributed by atoms with Gasteiger partial charge in [0, 0.05) is 0 Å². The van der Waals surface area contributed by atoms with E-state index in [-0.39, 0.29) is 16.9 Å². The number of para-hydroxylation sites is 1. The van der Waals surface area contributed by atoms with Gasteiger partial charge in [-0.3, -0.25) is 4.79 Å². The Labute approximate surface area is 84.8 Å². The molecule has 0 saturated carbocycles. The molecule has 4 heteroatoms. The molecule has 0 aliphatic heterocycles. The maximum atomic E-state index is 11.0. The fourth-order valence-electron chi connectivity index (χ4n) is 0.772. The summed E-state index contributed by atoms with van der Waals surface area (Å²) in [5, 5.41) is 0.204. The van der Waals surface area contributed by atoms with E-state index in [9.17, 15) is 4.79 Å². The summed E-state index contributed by atoms with van der Waals surface area (Å²) in [6, 6.07) is 9.12. The fourth-order valence-corrected chi connectivity index (χ4v) is 1.06. The second-order valence-electron chi connectivity index (χ2n) is 2.39. The van der Waals surface area contributed by atoms with Crippen molar-refractivity contribution in [2.24, 2.45) is 10.7 Å². The zero-order valence-electron chi connectivity index (χ0n) is 6.90. The average Bonchev–Trinajstić information content (AvgIpc) is 2.18. The summed E-state index contributed by atoms with van der Waals surface area (Å²) in [4.78, 5) is 15.0. The van der Waals surface area contributed by atoms with Gasteiger partial charge in [-0.25, -0.2) is 4.99 Å². The van der Waals surface area contributed by atoms with Crippen molar-refractivity contribution in [3.05, 3.63) is 30.3 Å². The van der Waals surface area contributed by atoms with Crippen LogP contribution < -0.4 is 5.73 Å². The Morgan fingerprint density at radius 3 is 2.54 bits per heavy atom. The number of rotatable bonds is 3. The number of Topliss-reactive ketones (excluding diaryl/α,β-unsaturated/α-hetero) is 1. The highest BCUT2D eigenvalue weighted by Crippen LogP contribution is 2.09. The molecular formula is C9H9BrN2O. The van der Waals surface area contributed by atoms with Gasteiger partial charge in [-0.15, -0.1) is 0 Å². The number of aliphatic imine (C=N–C) groups is 1. The Morgan fingerprint density at radius 2 is 2.00 bits per heavy atom. The maximum absolute atomic E-state index is 11.0. The molecule has 13 heavy (non-hydrogen) atoms. The number of nitrogens with two attached hydrogens (primary N) is 1. The number of carbonyl (C=O) groups is 1. The Balaban J connectivity index is 2.83. The number of carbonyl (C=O) groups excluding carboxylic acids is 1. The SMILES string of the molecule is NC(=Nc1ccccc1)C(=O)CBr. The van der Waals surface area contributed by atoms with Crippen LogP contribution in [0.15, 0.2) is 35.3 Å². The van der Waals surface area contributed by atoms with Gasteiger partial charge in [-0.05, 0) is 12.1 Å². The standard InChI is InChI=1S/C9H9BrN2O/c10-6-8(13)9(11)12-7-4-2-1-3-5-7/h1-5H,6H2,(H2,11,12). The quantitative estimate of drug-likeness (QED) is 0.496. The molecule has 0 fully saturated rings. The van der Waals surface area contributed by atoms with Crippen LogP contribution in [0.4, 0.5) is 5.69 Å². The molecule has 0 radical (unpaired) electrons. The third-order valence-electron chi connectivity index (χ3n) is 1.41. The van der Waals surface area contributed by atoms with Crippen molar-refractivity contribution < 1.29 is 4.79 Å². The van der Waals surface area contributed by atoms with Crippen LogP contribution in [0.5, 0.6) is 0 Å². The maximum Gasteiger partial charge on any atom is 0.207 e. The van der Waals surface area contributed by atoms with Crippen LogP contribution in [-0.2, 0) is 4.79 Å². The number of alkyl halides is 1. The molecule has 0 aliphatic rings. The van der Waals surface area contributed by atoms with Crippen LogP contribution in [0.1, 0.15) is 0 Å². The van der Waals surface area contributed by atoms with E-state index >= 15 is 0 Å². The Kier molecular flexibility index (Phi) is 3.64. The molecule has 1 aromatic rings. The van der Waals surface area contributed by atoms with E-state index in [0.717, 1.165) is 0 Å². The average molecular weight is 241 g/mol. The molecule has 0 atom stereocenters. The minimum absolute atomic E-state index is 0.0306. The Bertz CT molecular complexity index is 322. The second-order valence-corrected chi connectivity index (χ2v) is 2.95. The molecule has 0 unspecified atom stereocenters. The molecule has 0 amide bonds. The van der Waals surface area contributed by atoms with E-state index in [1.165, 1.54) is 0 Å². The molecule has 2 N–H and O–H groups in total. The van der Waals surface area contributed by atoms with Crippen molar-refractivity contribution in [1.82, 2.24) is 0 Å². The van der Waals surface area contributed by atoms with Gasteiger partial charge in [-0.1, -0.05) is 34.1 Å². The number of hydrogen-bond donors (Lipinski definition) is 1. The molecular weight excluding hydrogens is 232 g/mol. The minimum Gasteiger partial charge on any atom is -0.381 e. The smallest absolute Gasteiger partial charge is 0.207 e. The van der Waals surface area contributed by atoms with E-state index in [1.807, 2.05) is 18.2 Å². The van der Waals surface area contributed by atoms with Crippen molar-refractivity contribution in [1.29, 1.82) is 0 Å². The van der Waals surface area contributed by atoms with E-state index < -0.39 is 0 Å². The summed E-state index contributed by atoms with van der Waals surface area (Å²) in [5.41, 5.74) is 6.12. The lowest BCUT2D eigenvalue weighted by Crippen LogP contribution is -2.24. The van der Waals surface area contributed by atoms with Gasteiger partial charge in [-0.2, -0.15) is 0 Å². The van der Waals surface area contributed by atoms with Gasteiger partial charge >= 0.3 is 0 Å². The predicted molar refractivity (Wildman–Crippen MR) is 56.5 cm³/mol. The van der Waals surface area contributed by atoms with Crippen molar-refractivity contribution in [2.75, 3.05) is 5.33 Å². The van der Waals surface area contributed by atoms with Crippen LogP contribution in [-0.4, -0.2) is 16.9 Å². The first-order valence-corrected chi connectivity index (χ1v) is 4.84. The lowest BCUT2D eigenvalue weighted by Gasteiger charge is -1.95. The zero-order valence-corrected chi connectivity index (χ0v) is 8.49. The largest absolute Gasteiger partial charge is 0.381 e. The van der Waals surface area contributed by atoms with Crippen LogP contribution in [0, 0.1) is 0 Å². The molecule has 0 spiro atoms. The fraction of sp³-hybridized carbons (Fsp3) is 0.111. The number of ketones is 1. The van der Waals surface area contributed by atoms with E-state index in [1.54, 1.807) is 12.1 Å². The topological polar surface area (TPSA) is 55.4 Å². The van der Waals surface area contributed by atoms with Crippen LogP contribution in [0.25, 0.3) is 0 Å². The molecule has 0 saturated heterocycles. The predicted octanol–water partition coefficient (Wildman–Crippen LogP) is 1.64. The summed E-state index contributed by atoms with van der Waals surface area (Å²) in [6.07, 6.45) is 0. The van der Waals surface area contributed by atoms with E-state index in [4.69, 9.17) is 5.73 Å².